The minimum Gasteiger partial charge on any atom is -0.350 e. The number of hydrogen-bond donors (Lipinski definition) is 0. The van der Waals surface area contributed by atoms with Gasteiger partial charge in [-0.3, -0.25) is 4.79 Å². The van der Waals surface area contributed by atoms with Crippen molar-refractivity contribution in [3.8, 4) is 0 Å². The number of carbonyl (C=O) groups excluding carboxylic acids is 1. The second kappa shape index (κ2) is 5.38. The third-order valence-electron chi connectivity index (χ3n) is 4.78. The molecule has 0 radical (unpaired) electrons. The van der Waals surface area contributed by atoms with Crippen LogP contribution in [0.1, 0.15) is 64.0 Å². The Morgan fingerprint density at radius 1 is 1.15 bits per heavy atom. The molecule has 1 aromatic heterocycles. The van der Waals surface area contributed by atoms with Crippen LogP contribution < -0.4 is 0 Å². The molecule has 20 heavy (non-hydrogen) atoms. The largest absolute Gasteiger partial charge is 0.350 e. The Morgan fingerprint density at radius 3 is 2.30 bits per heavy atom. The Kier molecular flexibility index (Phi) is 4.13. The van der Waals surface area contributed by atoms with Crippen LogP contribution in [-0.4, -0.2) is 10.4 Å². The molecule has 1 heterocycles. The quantitative estimate of drug-likeness (QED) is 0.789. The van der Waals surface area contributed by atoms with Gasteiger partial charge in [0, 0.05) is 30.4 Å². The minimum atomic E-state index is 0.103. The highest BCUT2D eigenvalue weighted by Crippen LogP contribution is 2.36. The number of ketones is 1. The zero-order chi connectivity index (χ0) is 15.1. The first-order valence-electron chi connectivity index (χ1n) is 7.92. The van der Waals surface area contributed by atoms with E-state index in [0.29, 0.717) is 30.0 Å². The van der Waals surface area contributed by atoms with Gasteiger partial charge in [0.05, 0.1) is 0 Å². The third-order valence-corrected chi connectivity index (χ3v) is 4.78. The van der Waals surface area contributed by atoms with Crippen molar-refractivity contribution in [1.29, 1.82) is 0 Å². The van der Waals surface area contributed by atoms with Gasteiger partial charge >= 0.3 is 0 Å². The standard InChI is InChI=1S/C18H29NO/c1-12(2)15(13(3)4)11-19-8-7-14-16(19)9-18(5,6)10-17(14)20/h7-8,12-13,15H,9-11H2,1-6H3. The Morgan fingerprint density at radius 2 is 1.75 bits per heavy atom. The molecule has 2 rings (SSSR count). The van der Waals surface area contributed by atoms with Crippen LogP contribution in [0.15, 0.2) is 12.3 Å². The van der Waals surface area contributed by atoms with Crippen LogP contribution in [0.4, 0.5) is 0 Å². The number of rotatable bonds is 4. The molecule has 0 spiro atoms. The fourth-order valence-corrected chi connectivity index (χ4v) is 3.59. The first kappa shape index (κ1) is 15.3. The Labute approximate surface area is 123 Å². The lowest BCUT2D eigenvalue weighted by atomic mass is 9.76. The van der Waals surface area contributed by atoms with Crippen molar-refractivity contribution in [1.82, 2.24) is 4.57 Å². The van der Waals surface area contributed by atoms with Gasteiger partial charge in [-0.05, 0) is 35.7 Å². The molecule has 0 bridgehead atoms. The first-order valence-corrected chi connectivity index (χ1v) is 7.92. The molecule has 1 aromatic rings. The van der Waals surface area contributed by atoms with Crippen molar-refractivity contribution >= 4 is 5.78 Å². The summed E-state index contributed by atoms with van der Waals surface area (Å²) in [6.07, 6.45) is 3.83. The highest BCUT2D eigenvalue weighted by Gasteiger charge is 2.33. The van der Waals surface area contributed by atoms with E-state index in [2.05, 4.69) is 52.3 Å². The summed E-state index contributed by atoms with van der Waals surface area (Å²) in [5, 5.41) is 0. The molecule has 0 N–H and O–H groups in total. The van der Waals surface area contributed by atoms with Crippen LogP contribution in [0, 0.1) is 23.2 Å². The maximum absolute atomic E-state index is 12.3. The number of carbonyl (C=O) groups is 1. The molecule has 2 heteroatoms. The number of fused-ring (bicyclic) bond motifs is 1. The van der Waals surface area contributed by atoms with E-state index < -0.39 is 0 Å². The van der Waals surface area contributed by atoms with Gasteiger partial charge in [-0.1, -0.05) is 41.5 Å². The van der Waals surface area contributed by atoms with E-state index in [-0.39, 0.29) is 5.41 Å². The highest BCUT2D eigenvalue weighted by atomic mass is 16.1. The summed E-state index contributed by atoms with van der Waals surface area (Å²) in [6, 6.07) is 2.03. The van der Waals surface area contributed by atoms with Gasteiger partial charge in [0.25, 0.3) is 0 Å². The van der Waals surface area contributed by atoms with Crippen molar-refractivity contribution in [2.75, 3.05) is 0 Å². The second-order valence-corrected chi connectivity index (χ2v) is 7.92. The van der Waals surface area contributed by atoms with Crippen LogP contribution in [0.3, 0.4) is 0 Å². The van der Waals surface area contributed by atoms with Crippen molar-refractivity contribution < 1.29 is 4.79 Å². The van der Waals surface area contributed by atoms with Crippen LogP contribution in [-0.2, 0) is 13.0 Å². The molecule has 0 unspecified atom stereocenters. The molecule has 0 aromatic carbocycles. The molecule has 1 aliphatic carbocycles. The molecular formula is C18H29NO. The first-order chi connectivity index (χ1) is 9.21. The SMILES string of the molecule is CC(C)C(Cn1ccc2c1CC(C)(C)CC2=O)C(C)C. The summed E-state index contributed by atoms with van der Waals surface area (Å²) in [5.74, 6) is 2.31. The van der Waals surface area contributed by atoms with E-state index in [4.69, 9.17) is 0 Å². The summed E-state index contributed by atoms with van der Waals surface area (Å²) in [7, 11) is 0. The summed E-state index contributed by atoms with van der Waals surface area (Å²) in [6.45, 7) is 14.6. The fraction of sp³-hybridized carbons (Fsp3) is 0.722. The average Bonchev–Trinajstić information content (AvgIpc) is 2.66. The molecule has 0 atom stereocenters. The second-order valence-electron chi connectivity index (χ2n) is 7.92. The zero-order valence-electron chi connectivity index (χ0n) is 13.9. The van der Waals surface area contributed by atoms with Gasteiger partial charge in [0.1, 0.15) is 0 Å². The summed E-state index contributed by atoms with van der Waals surface area (Å²) >= 11 is 0. The molecule has 2 nitrogen and oxygen atoms in total. The molecule has 0 saturated carbocycles. The predicted molar refractivity (Wildman–Crippen MR) is 84.0 cm³/mol. The molecule has 0 aliphatic heterocycles. The van der Waals surface area contributed by atoms with E-state index >= 15 is 0 Å². The lowest BCUT2D eigenvalue weighted by Gasteiger charge is -2.32. The van der Waals surface area contributed by atoms with E-state index in [1.165, 1.54) is 5.69 Å². The number of hydrogen-bond acceptors (Lipinski definition) is 1. The Balaban J connectivity index is 2.30. The summed E-state index contributed by atoms with van der Waals surface area (Å²) in [5.41, 5.74) is 2.33. The molecule has 0 amide bonds. The predicted octanol–water partition coefficient (Wildman–Crippen LogP) is 4.57. The maximum Gasteiger partial charge on any atom is 0.165 e. The van der Waals surface area contributed by atoms with Crippen LogP contribution in [0.5, 0.6) is 0 Å². The molecule has 112 valence electrons. The van der Waals surface area contributed by atoms with Gasteiger partial charge in [0.2, 0.25) is 0 Å². The van der Waals surface area contributed by atoms with E-state index in [0.717, 1.165) is 18.5 Å². The zero-order valence-corrected chi connectivity index (χ0v) is 13.9. The van der Waals surface area contributed by atoms with Gasteiger partial charge in [-0.25, -0.2) is 0 Å². The number of nitrogens with zero attached hydrogens (tertiary/aromatic N) is 1. The topological polar surface area (TPSA) is 22.0 Å². The van der Waals surface area contributed by atoms with Gasteiger partial charge in [0.15, 0.2) is 5.78 Å². The lowest BCUT2D eigenvalue weighted by Crippen LogP contribution is -2.29. The normalized spacial score (nSPS) is 18.1. The fourth-order valence-electron chi connectivity index (χ4n) is 3.59. The van der Waals surface area contributed by atoms with Crippen LogP contribution >= 0.6 is 0 Å². The van der Waals surface area contributed by atoms with Crippen molar-refractivity contribution in [2.45, 2.75) is 60.9 Å². The number of aromatic nitrogens is 1. The Hall–Kier alpha value is -1.05. The monoisotopic (exact) mass is 275 g/mol. The lowest BCUT2D eigenvalue weighted by molar-refractivity contribution is 0.0909. The minimum absolute atomic E-state index is 0.103. The average molecular weight is 275 g/mol. The number of Topliss-reactive ketones (excluding diaryl/α,β-unsaturated/α-hetero) is 1. The summed E-state index contributed by atoms with van der Waals surface area (Å²) in [4.78, 5) is 12.3. The highest BCUT2D eigenvalue weighted by molar-refractivity contribution is 5.98. The summed E-state index contributed by atoms with van der Waals surface area (Å²) < 4.78 is 2.35. The van der Waals surface area contributed by atoms with Gasteiger partial charge in [-0.2, -0.15) is 0 Å². The van der Waals surface area contributed by atoms with Crippen molar-refractivity contribution in [2.24, 2.45) is 23.2 Å². The van der Waals surface area contributed by atoms with Crippen molar-refractivity contribution in [3.05, 3.63) is 23.5 Å². The molecule has 0 saturated heterocycles. The third kappa shape index (κ3) is 2.99. The van der Waals surface area contributed by atoms with Gasteiger partial charge in [-0.15, -0.1) is 0 Å². The van der Waals surface area contributed by atoms with E-state index in [9.17, 15) is 4.79 Å². The van der Waals surface area contributed by atoms with Gasteiger partial charge < -0.3 is 4.57 Å². The van der Waals surface area contributed by atoms with Crippen LogP contribution in [0.25, 0.3) is 0 Å². The van der Waals surface area contributed by atoms with Crippen molar-refractivity contribution in [3.63, 3.8) is 0 Å². The molecule has 1 aliphatic rings. The Bertz CT molecular complexity index is 486. The molecule has 0 fully saturated rings. The molecular weight excluding hydrogens is 246 g/mol. The van der Waals surface area contributed by atoms with E-state index in [1.54, 1.807) is 0 Å². The smallest absolute Gasteiger partial charge is 0.165 e. The maximum atomic E-state index is 12.3. The van der Waals surface area contributed by atoms with E-state index in [1.807, 2.05) is 6.07 Å². The van der Waals surface area contributed by atoms with Crippen LogP contribution in [0.2, 0.25) is 0 Å².